The third kappa shape index (κ3) is 11.7. The Morgan fingerprint density at radius 2 is 1.14 bits per heavy atom. The van der Waals surface area contributed by atoms with E-state index < -0.39 is 11.9 Å². The maximum absolute atomic E-state index is 12.3. The monoisotopic (exact) mass is 395 g/mol. The molecule has 1 rings (SSSR count). The molecular formula is C24H45NO3. The van der Waals surface area contributed by atoms with Crippen LogP contribution in [0.25, 0.3) is 0 Å². The maximum Gasteiger partial charge on any atom is 0.307 e. The van der Waals surface area contributed by atoms with Crippen LogP contribution in [0.1, 0.15) is 122 Å². The Morgan fingerprint density at radius 1 is 0.714 bits per heavy atom. The van der Waals surface area contributed by atoms with Gasteiger partial charge in [0.05, 0.1) is 11.8 Å². The van der Waals surface area contributed by atoms with E-state index in [1.54, 1.807) is 0 Å². The van der Waals surface area contributed by atoms with Crippen molar-refractivity contribution in [1.82, 2.24) is 5.32 Å². The van der Waals surface area contributed by atoms with E-state index in [0.717, 1.165) is 32.1 Å². The molecule has 2 atom stereocenters. The summed E-state index contributed by atoms with van der Waals surface area (Å²) in [5, 5.41) is 12.3. The van der Waals surface area contributed by atoms with Gasteiger partial charge in [0.2, 0.25) is 5.91 Å². The van der Waals surface area contributed by atoms with E-state index in [1.807, 2.05) is 0 Å². The first-order chi connectivity index (χ1) is 13.7. The van der Waals surface area contributed by atoms with Gasteiger partial charge in [0.1, 0.15) is 0 Å². The molecule has 4 nitrogen and oxygen atoms in total. The van der Waals surface area contributed by atoms with Gasteiger partial charge >= 0.3 is 5.97 Å². The van der Waals surface area contributed by atoms with Crippen molar-refractivity contribution in [2.24, 2.45) is 11.8 Å². The second-order valence-electron chi connectivity index (χ2n) is 8.72. The molecule has 0 saturated heterocycles. The molecule has 1 amide bonds. The van der Waals surface area contributed by atoms with E-state index in [9.17, 15) is 14.7 Å². The average molecular weight is 396 g/mol. The topological polar surface area (TPSA) is 66.4 Å². The fraction of sp³-hybridized carbons (Fsp3) is 0.917. The number of carboxylic acids is 1. The lowest BCUT2D eigenvalue weighted by atomic mass is 9.78. The molecule has 0 heterocycles. The largest absolute Gasteiger partial charge is 0.481 e. The predicted molar refractivity (Wildman–Crippen MR) is 116 cm³/mol. The van der Waals surface area contributed by atoms with Crippen LogP contribution >= 0.6 is 0 Å². The molecule has 164 valence electrons. The Balaban J connectivity index is 1.88. The van der Waals surface area contributed by atoms with Gasteiger partial charge in [-0.1, -0.05) is 103 Å². The number of hydrogen-bond donors (Lipinski definition) is 2. The highest BCUT2D eigenvalue weighted by molar-refractivity contribution is 5.84. The minimum absolute atomic E-state index is 0.0400. The van der Waals surface area contributed by atoms with Crippen LogP contribution in [-0.2, 0) is 9.59 Å². The van der Waals surface area contributed by atoms with E-state index in [4.69, 9.17) is 0 Å². The first kappa shape index (κ1) is 25.0. The molecule has 0 aromatic rings. The zero-order valence-electron chi connectivity index (χ0n) is 18.4. The molecule has 28 heavy (non-hydrogen) atoms. The number of unbranched alkanes of at least 4 members (excludes halogenated alkanes) is 13. The van der Waals surface area contributed by atoms with E-state index in [-0.39, 0.29) is 11.8 Å². The number of aliphatic carboxylic acids is 1. The van der Waals surface area contributed by atoms with Gasteiger partial charge < -0.3 is 10.4 Å². The third-order valence-electron chi connectivity index (χ3n) is 6.25. The first-order valence-corrected chi connectivity index (χ1v) is 12.2. The summed E-state index contributed by atoms with van der Waals surface area (Å²) in [5.74, 6) is -1.65. The summed E-state index contributed by atoms with van der Waals surface area (Å²) in [6.07, 6.45) is 21.9. The highest BCUT2D eigenvalue weighted by atomic mass is 16.4. The van der Waals surface area contributed by atoms with Crippen LogP contribution < -0.4 is 5.32 Å². The Labute approximate surface area is 173 Å². The quantitative estimate of drug-likeness (QED) is 0.277. The lowest BCUT2D eigenvalue weighted by molar-refractivity contribution is -0.148. The molecule has 1 fully saturated rings. The van der Waals surface area contributed by atoms with Crippen molar-refractivity contribution in [1.29, 1.82) is 0 Å². The fourth-order valence-electron chi connectivity index (χ4n) is 4.40. The lowest BCUT2D eigenvalue weighted by Crippen LogP contribution is -2.40. The summed E-state index contributed by atoms with van der Waals surface area (Å²) >= 11 is 0. The molecule has 4 heteroatoms. The smallest absolute Gasteiger partial charge is 0.307 e. The van der Waals surface area contributed by atoms with Crippen molar-refractivity contribution >= 4 is 11.9 Å². The van der Waals surface area contributed by atoms with Crippen LogP contribution in [0.5, 0.6) is 0 Å². The standard InChI is InChI=1S/C24H45NO3/c1-2-3-4-5-6-7-8-9-10-11-12-13-14-17-20-25-23(26)21-18-15-16-19-22(21)24(27)28/h21-22H,2-20H2,1H3,(H,25,26)(H,27,28)/t21-,22+/m0/s1. The van der Waals surface area contributed by atoms with Gasteiger partial charge in [-0.2, -0.15) is 0 Å². The molecule has 1 saturated carbocycles. The van der Waals surface area contributed by atoms with Gasteiger partial charge in [0.25, 0.3) is 0 Å². The van der Waals surface area contributed by atoms with Crippen molar-refractivity contribution in [3.8, 4) is 0 Å². The molecule has 1 aliphatic rings. The predicted octanol–water partition coefficient (Wildman–Crippen LogP) is 6.47. The Kier molecular flexibility index (Phi) is 15.0. The van der Waals surface area contributed by atoms with Crippen molar-refractivity contribution < 1.29 is 14.7 Å². The van der Waals surface area contributed by atoms with Crippen LogP contribution in [0.15, 0.2) is 0 Å². The van der Waals surface area contributed by atoms with E-state index in [1.165, 1.54) is 77.0 Å². The normalized spacial score (nSPS) is 19.5. The Bertz CT molecular complexity index is 411. The SMILES string of the molecule is CCCCCCCCCCCCCCCCNC(=O)[C@H]1CCCC[C@H]1C(=O)O. The zero-order chi connectivity index (χ0) is 20.5. The fourth-order valence-corrected chi connectivity index (χ4v) is 4.40. The summed E-state index contributed by atoms with van der Waals surface area (Å²) in [4.78, 5) is 23.6. The minimum Gasteiger partial charge on any atom is -0.481 e. The van der Waals surface area contributed by atoms with Gasteiger partial charge in [-0.3, -0.25) is 9.59 Å². The van der Waals surface area contributed by atoms with Gasteiger partial charge in [0.15, 0.2) is 0 Å². The summed E-state index contributed by atoms with van der Waals surface area (Å²) < 4.78 is 0. The molecule has 0 aliphatic heterocycles. The van der Waals surface area contributed by atoms with Crippen LogP contribution in [-0.4, -0.2) is 23.5 Å². The molecular weight excluding hydrogens is 350 g/mol. The van der Waals surface area contributed by atoms with Gasteiger partial charge in [-0.15, -0.1) is 0 Å². The van der Waals surface area contributed by atoms with E-state index in [2.05, 4.69) is 12.2 Å². The van der Waals surface area contributed by atoms with Crippen LogP contribution in [0.2, 0.25) is 0 Å². The van der Waals surface area contributed by atoms with Gasteiger partial charge in [-0.25, -0.2) is 0 Å². The van der Waals surface area contributed by atoms with Crippen molar-refractivity contribution in [3.05, 3.63) is 0 Å². The highest BCUT2D eigenvalue weighted by Gasteiger charge is 2.35. The average Bonchev–Trinajstić information content (AvgIpc) is 2.70. The van der Waals surface area contributed by atoms with Crippen molar-refractivity contribution in [3.63, 3.8) is 0 Å². The molecule has 0 radical (unpaired) electrons. The molecule has 0 bridgehead atoms. The number of carboxylic acid groups (broad SMARTS) is 1. The molecule has 0 aromatic carbocycles. The number of carbonyl (C=O) groups is 2. The molecule has 1 aliphatic carbocycles. The second kappa shape index (κ2) is 16.9. The van der Waals surface area contributed by atoms with Gasteiger partial charge in [0, 0.05) is 6.54 Å². The lowest BCUT2D eigenvalue weighted by Gasteiger charge is -2.27. The maximum atomic E-state index is 12.3. The number of carbonyl (C=O) groups excluding carboxylic acids is 1. The summed E-state index contributed by atoms with van der Waals surface area (Å²) in [7, 11) is 0. The molecule has 0 unspecified atom stereocenters. The van der Waals surface area contributed by atoms with Crippen LogP contribution in [0.4, 0.5) is 0 Å². The first-order valence-electron chi connectivity index (χ1n) is 12.2. The second-order valence-corrected chi connectivity index (χ2v) is 8.72. The number of nitrogens with one attached hydrogen (secondary N) is 1. The number of rotatable bonds is 17. The van der Waals surface area contributed by atoms with Crippen LogP contribution in [0.3, 0.4) is 0 Å². The summed E-state index contributed by atoms with van der Waals surface area (Å²) in [5.41, 5.74) is 0. The van der Waals surface area contributed by atoms with Crippen molar-refractivity contribution in [2.75, 3.05) is 6.54 Å². The number of hydrogen-bond acceptors (Lipinski definition) is 2. The summed E-state index contributed by atoms with van der Waals surface area (Å²) in [6, 6.07) is 0. The molecule has 0 aromatic heterocycles. The Morgan fingerprint density at radius 3 is 1.61 bits per heavy atom. The highest BCUT2D eigenvalue weighted by Crippen LogP contribution is 2.30. The third-order valence-corrected chi connectivity index (χ3v) is 6.25. The Hall–Kier alpha value is -1.06. The van der Waals surface area contributed by atoms with Gasteiger partial charge in [-0.05, 0) is 19.3 Å². The summed E-state index contributed by atoms with van der Waals surface area (Å²) in [6.45, 7) is 2.96. The molecule has 2 N–H and O–H groups in total. The number of amides is 1. The van der Waals surface area contributed by atoms with Crippen LogP contribution in [0, 0.1) is 11.8 Å². The van der Waals surface area contributed by atoms with Crippen molar-refractivity contribution in [2.45, 2.75) is 122 Å². The minimum atomic E-state index is -0.809. The van der Waals surface area contributed by atoms with E-state index >= 15 is 0 Å². The zero-order valence-corrected chi connectivity index (χ0v) is 18.4. The van der Waals surface area contributed by atoms with E-state index in [0.29, 0.717) is 13.0 Å². The molecule has 0 spiro atoms.